The molecule has 0 spiro atoms. The molecule has 196 valence electrons. The molecular formula is C24H34N4O7Si. The van der Waals surface area contributed by atoms with Crippen LogP contribution in [0.1, 0.15) is 52.3 Å². The zero-order valence-electron chi connectivity index (χ0n) is 21.5. The van der Waals surface area contributed by atoms with Crippen LogP contribution in [0.4, 0.5) is 16.3 Å². The first-order chi connectivity index (χ1) is 16.8. The maximum atomic E-state index is 12.7. The third kappa shape index (κ3) is 6.36. The summed E-state index contributed by atoms with van der Waals surface area (Å²) in [6.07, 6.45) is 1.13. The minimum atomic E-state index is -2.02. The average Bonchev–Trinajstić information content (AvgIpc) is 3.18. The van der Waals surface area contributed by atoms with Crippen molar-refractivity contribution in [3.05, 3.63) is 62.7 Å². The Morgan fingerprint density at radius 2 is 2.00 bits per heavy atom. The number of nitro benzene ring substituents is 1. The molecule has 1 N–H and O–H groups in total. The van der Waals surface area contributed by atoms with E-state index in [1.54, 1.807) is 6.07 Å². The summed E-state index contributed by atoms with van der Waals surface area (Å²) in [7, 11) is -2.02. The molecule has 1 fully saturated rings. The first kappa shape index (κ1) is 27.5. The molecule has 0 saturated carbocycles. The number of amides is 1. The van der Waals surface area contributed by atoms with E-state index in [1.165, 1.54) is 35.0 Å². The van der Waals surface area contributed by atoms with Gasteiger partial charge in [0.25, 0.3) is 5.69 Å². The van der Waals surface area contributed by atoms with Crippen LogP contribution in [0, 0.1) is 10.1 Å². The topological polar surface area (TPSA) is 135 Å². The predicted molar refractivity (Wildman–Crippen MR) is 136 cm³/mol. The van der Waals surface area contributed by atoms with E-state index in [0.717, 1.165) is 6.42 Å². The summed E-state index contributed by atoms with van der Waals surface area (Å²) in [6.45, 7) is 12.6. The van der Waals surface area contributed by atoms with Gasteiger partial charge in [0.05, 0.1) is 22.7 Å². The molecule has 1 saturated heterocycles. The van der Waals surface area contributed by atoms with Gasteiger partial charge in [-0.25, -0.2) is 9.59 Å². The van der Waals surface area contributed by atoms with Gasteiger partial charge < -0.3 is 13.9 Å². The maximum absolute atomic E-state index is 12.7. The fraction of sp³-hybridized carbons (Fsp3) is 0.542. The lowest BCUT2D eigenvalue weighted by atomic mass is 10.1. The molecule has 1 aromatic heterocycles. The van der Waals surface area contributed by atoms with Gasteiger partial charge in [-0.05, 0) is 36.7 Å². The van der Waals surface area contributed by atoms with Gasteiger partial charge in [-0.1, -0.05) is 39.8 Å². The van der Waals surface area contributed by atoms with Crippen LogP contribution in [0.5, 0.6) is 0 Å². The molecule has 0 bridgehead atoms. The van der Waals surface area contributed by atoms with E-state index in [1.807, 2.05) is 6.92 Å². The summed E-state index contributed by atoms with van der Waals surface area (Å²) in [5.41, 5.74) is -0.484. The van der Waals surface area contributed by atoms with Crippen molar-refractivity contribution in [3.8, 4) is 0 Å². The Balaban J connectivity index is 1.64. The van der Waals surface area contributed by atoms with Gasteiger partial charge in [0.15, 0.2) is 8.32 Å². The number of anilines is 1. The lowest BCUT2D eigenvalue weighted by molar-refractivity contribution is -0.385. The highest BCUT2D eigenvalue weighted by Crippen LogP contribution is 2.41. The van der Waals surface area contributed by atoms with E-state index < -0.39 is 31.3 Å². The molecule has 36 heavy (non-hydrogen) atoms. The van der Waals surface area contributed by atoms with E-state index in [0.29, 0.717) is 6.42 Å². The van der Waals surface area contributed by atoms with E-state index in [4.69, 9.17) is 13.9 Å². The second-order valence-corrected chi connectivity index (χ2v) is 15.0. The van der Waals surface area contributed by atoms with Gasteiger partial charge in [-0.2, -0.15) is 4.98 Å². The molecule has 1 amide bonds. The molecule has 2 heterocycles. The summed E-state index contributed by atoms with van der Waals surface area (Å²) in [4.78, 5) is 39.4. The number of para-hydroxylation sites is 1. The minimum absolute atomic E-state index is 0.00271. The number of rotatable bonds is 8. The molecule has 0 aliphatic carbocycles. The Labute approximate surface area is 211 Å². The van der Waals surface area contributed by atoms with Crippen LogP contribution in [0.3, 0.4) is 0 Å². The predicted octanol–water partition coefficient (Wildman–Crippen LogP) is 4.99. The van der Waals surface area contributed by atoms with Crippen molar-refractivity contribution in [3.63, 3.8) is 0 Å². The first-order valence-corrected chi connectivity index (χ1v) is 14.8. The van der Waals surface area contributed by atoms with Gasteiger partial charge in [0, 0.05) is 18.7 Å². The van der Waals surface area contributed by atoms with Crippen LogP contribution in [-0.2, 0) is 20.5 Å². The van der Waals surface area contributed by atoms with Crippen LogP contribution in [0.2, 0.25) is 18.1 Å². The van der Waals surface area contributed by atoms with E-state index >= 15 is 0 Å². The molecule has 2 aromatic rings. The van der Waals surface area contributed by atoms with Crippen molar-refractivity contribution in [2.75, 3.05) is 5.32 Å². The number of ether oxygens (including phenoxy) is 2. The van der Waals surface area contributed by atoms with Crippen molar-refractivity contribution in [2.24, 2.45) is 0 Å². The Kier molecular flexibility index (Phi) is 8.32. The normalized spacial score (nSPS) is 20.2. The Morgan fingerprint density at radius 3 is 2.61 bits per heavy atom. The molecule has 3 atom stereocenters. The number of benzene rings is 1. The number of nitro groups is 1. The van der Waals surface area contributed by atoms with Gasteiger partial charge in [-0.3, -0.25) is 20.0 Å². The van der Waals surface area contributed by atoms with Crippen molar-refractivity contribution < 1.29 is 23.6 Å². The van der Waals surface area contributed by atoms with Crippen molar-refractivity contribution in [2.45, 2.75) is 83.7 Å². The van der Waals surface area contributed by atoms with Crippen LogP contribution < -0.4 is 11.0 Å². The molecule has 0 radical (unpaired) electrons. The SMILES string of the molecule is CC[C@H]1O[C@@H](n2ccc(NC(=O)OCc3ccccc3[N+](=O)[O-])nc2=O)CC1O[Si](C)(C)C(C)(C)C. The Bertz CT molecular complexity index is 1160. The number of hydrogen-bond donors (Lipinski definition) is 1. The second kappa shape index (κ2) is 10.9. The largest absolute Gasteiger partial charge is 0.444 e. The lowest BCUT2D eigenvalue weighted by Gasteiger charge is -2.39. The fourth-order valence-corrected chi connectivity index (χ4v) is 5.07. The summed E-state index contributed by atoms with van der Waals surface area (Å²) < 4.78 is 19.2. The van der Waals surface area contributed by atoms with Gasteiger partial charge in [-0.15, -0.1) is 0 Å². The smallest absolute Gasteiger partial charge is 0.413 e. The highest BCUT2D eigenvalue weighted by atomic mass is 28.4. The Hall–Kier alpha value is -3.09. The second-order valence-electron chi connectivity index (χ2n) is 10.3. The molecule has 1 aliphatic rings. The highest BCUT2D eigenvalue weighted by molar-refractivity contribution is 6.74. The van der Waals surface area contributed by atoms with E-state index in [9.17, 15) is 19.7 Å². The number of hydrogen-bond acceptors (Lipinski definition) is 8. The van der Waals surface area contributed by atoms with Crippen LogP contribution >= 0.6 is 0 Å². The lowest BCUT2D eigenvalue weighted by Crippen LogP contribution is -2.45. The van der Waals surface area contributed by atoms with Crippen LogP contribution in [0.15, 0.2) is 41.3 Å². The molecule has 12 heteroatoms. The standard InChI is InChI=1S/C24H34N4O7Si/c1-7-18-19(35-36(5,6)24(2,3)4)14-21(34-18)27-13-12-20(25-22(27)29)26-23(30)33-15-16-10-8-9-11-17(16)28(31)32/h8-13,18-19,21H,7,14-15H2,1-6H3,(H,25,26,29,30)/t18-,19?,21-/m1/s1. The molecule has 1 aromatic carbocycles. The molecule has 1 unspecified atom stereocenters. The van der Waals surface area contributed by atoms with Gasteiger partial charge >= 0.3 is 11.8 Å². The third-order valence-electron chi connectivity index (χ3n) is 6.75. The molecule has 3 rings (SSSR count). The zero-order valence-corrected chi connectivity index (χ0v) is 22.5. The molecule has 11 nitrogen and oxygen atoms in total. The number of carbonyl (C=O) groups is 1. The van der Waals surface area contributed by atoms with Crippen molar-refractivity contribution >= 4 is 25.9 Å². The summed E-state index contributed by atoms with van der Waals surface area (Å²) in [5.74, 6) is 0.00271. The maximum Gasteiger partial charge on any atom is 0.413 e. The van der Waals surface area contributed by atoms with Gasteiger partial charge in [0.2, 0.25) is 0 Å². The van der Waals surface area contributed by atoms with Crippen molar-refractivity contribution in [1.29, 1.82) is 0 Å². The quantitative estimate of drug-likeness (QED) is 0.293. The average molecular weight is 519 g/mol. The summed E-state index contributed by atoms with van der Waals surface area (Å²) >= 11 is 0. The number of nitrogens with one attached hydrogen (secondary N) is 1. The van der Waals surface area contributed by atoms with E-state index in [2.05, 4.69) is 44.2 Å². The zero-order chi connectivity index (χ0) is 26.7. The van der Waals surface area contributed by atoms with Crippen LogP contribution in [0.25, 0.3) is 0 Å². The number of carbonyl (C=O) groups excluding carboxylic acids is 1. The summed E-state index contributed by atoms with van der Waals surface area (Å²) in [5, 5.41) is 13.5. The fourth-order valence-electron chi connectivity index (χ4n) is 3.71. The highest BCUT2D eigenvalue weighted by Gasteiger charge is 2.44. The summed E-state index contributed by atoms with van der Waals surface area (Å²) in [6, 6.07) is 7.44. The number of aromatic nitrogens is 2. The number of nitrogens with zero attached hydrogens (tertiary/aromatic N) is 3. The van der Waals surface area contributed by atoms with Crippen molar-refractivity contribution in [1.82, 2.24) is 9.55 Å². The van der Waals surface area contributed by atoms with Crippen LogP contribution in [-0.4, -0.2) is 41.1 Å². The van der Waals surface area contributed by atoms with Gasteiger partial charge in [0.1, 0.15) is 18.7 Å². The third-order valence-corrected chi connectivity index (χ3v) is 11.3. The molecular weight excluding hydrogens is 484 g/mol. The van der Waals surface area contributed by atoms with E-state index in [-0.39, 0.29) is 40.9 Å². The molecule has 1 aliphatic heterocycles. The monoisotopic (exact) mass is 518 g/mol. The Morgan fingerprint density at radius 1 is 1.31 bits per heavy atom. The first-order valence-electron chi connectivity index (χ1n) is 11.9. The minimum Gasteiger partial charge on any atom is -0.444 e.